The van der Waals surface area contributed by atoms with Gasteiger partial charge in [-0.25, -0.2) is 0 Å². The number of carbonyl (C=O) groups is 3. The van der Waals surface area contributed by atoms with Gasteiger partial charge >= 0.3 is 0 Å². The molecule has 1 spiro atoms. The van der Waals surface area contributed by atoms with Crippen LogP contribution in [0.2, 0.25) is 0 Å². The van der Waals surface area contributed by atoms with Gasteiger partial charge in [-0.1, -0.05) is 110 Å². The molecule has 258 valence electrons. The fourth-order valence-corrected chi connectivity index (χ4v) is 12.3. The van der Waals surface area contributed by atoms with Crippen molar-refractivity contribution in [2.24, 2.45) is 17.3 Å². The van der Waals surface area contributed by atoms with Crippen LogP contribution in [0.15, 0.2) is 86.0 Å². The molecule has 3 unspecified atom stereocenters. The number of thioether (sulfide) groups is 1. The number of likely N-dealkylation sites (tertiary alicyclic amines) is 1. The smallest absolute Gasteiger partial charge is 0.247 e. The van der Waals surface area contributed by atoms with E-state index in [4.69, 9.17) is 0 Å². The van der Waals surface area contributed by atoms with Gasteiger partial charge in [-0.05, 0) is 43.2 Å². The van der Waals surface area contributed by atoms with Crippen molar-refractivity contribution in [1.82, 2.24) is 14.7 Å². The number of carbonyl (C=O) groups excluding carboxylic acids is 3. The van der Waals surface area contributed by atoms with Crippen molar-refractivity contribution in [3.63, 3.8) is 0 Å². The number of hydrogen-bond acceptors (Lipinski definition) is 5. The molecule has 48 heavy (non-hydrogen) atoms. The third-order valence-electron chi connectivity index (χ3n) is 10.1. The molecule has 9 heteroatoms. The number of halogens is 1. The molecule has 5 rings (SSSR count). The number of nitrogens with zero attached hydrogens (tertiary/aromatic N) is 3. The Bertz CT molecular complexity index is 1510. The number of amides is 3. The standard InChI is InChI=1S/C39H50BrN3O4S/c1-8-20-41(23-26-16-12-10-13-17-26)34(45)30-31-35(46)43(29(24-44)27-18-14-11-15-19-27)33(39(31)22-28(40)32(30)48-39)36(47)42(21-9-2)38(6,7)25-37(3,4)5/h8-19,28-33,44H,1-2,20-25H2,3-7H3/t28?,29-,30-,31+,32-,33?,39?/m1/s1. The van der Waals surface area contributed by atoms with Gasteiger partial charge in [0, 0.05) is 35.3 Å². The molecule has 2 aromatic rings. The molecule has 0 aromatic heterocycles. The first kappa shape index (κ1) is 36.4. The lowest BCUT2D eigenvalue weighted by Gasteiger charge is -2.46. The van der Waals surface area contributed by atoms with E-state index in [-0.39, 0.29) is 39.8 Å². The highest BCUT2D eigenvalue weighted by Crippen LogP contribution is 2.69. The van der Waals surface area contributed by atoms with E-state index in [1.54, 1.807) is 33.7 Å². The van der Waals surface area contributed by atoms with E-state index in [1.807, 2.05) is 65.6 Å². The highest BCUT2D eigenvalue weighted by atomic mass is 79.9. The summed E-state index contributed by atoms with van der Waals surface area (Å²) in [6.07, 6.45) is 4.76. The second kappa shape index (κ2) is 14.2. The van der Waals surface area contributed by atoms with Gasteiger partial charge in [-0.2, -0.15) is 0 Å². The lowest BCUT2D eigenvalue weighted by molar-refractivity contribution is -0.149. The van der Waals surface area contributed by atoms with Gasteiger partial charge in [0.25, 0.3) is 0 Å². The zero-order valence-corrected chi connectivity index (χ0v) is 31.3. The van der Waals surface area contributed by atoms with Crippen molar-refractivity contribution in [3.8, 4) is 0 Å². The van der Waals surface area contributed by atoms with E-state index in [9.17, 15) is 9.90 Å². The van der Waals surface area contributed by atoms with E-state index in [0.717, 1.165) is 17.5 Å². The minimum atomic E-state index is -0.888. The van der Waals surface area contributed by atoms with Gasteiger partial charge in [0.15, 0.2) is 0 Å². The zero-order chi connectivity index (χ0) is 35.0. The van der Waals surface area contributed by atoms with E-state index in [1.165, 1.54) is 0 Å². The average Bonchev–Trinajstić information content (AvgIpc) is 3.62. The monoisotopic (exact) mass is 735 g/mol. The Hall–Kier alpha value is -2.88. The van der Waals surface area contributed by atoms with E-state index >= 15 is 9.59 Å². The Morgan fingerprint density at radius 1 is 1.02 bits per heavy atom. The summed E-state index contributed by atoms with van der Waals surface area (Å²) in [6, 6.07) is 17.6. The molecule has 7 atom stereocenters. The van der Waals surface area contributed by atoms with Crippen molar-refractivity contribution in [2.75, 3.05) is 19.7 Å². The largest absolute Gasteiger partial charge is 0.394 e. The molecule has 0 aliphatic carbocycles. The molecule has 0 saturated carbocycles. The first-order chi connectivity index (χ1) is 22.7. The predicted molar refractivity (Wildman–Crippen MR) is 197 cm³/mol. The van der Waals surface area contributed by atoms with Crippen molar-refractivity contribution >= 4 is 45.4 Å². The SMILES string of the molecule is C=CCN(Cc1ccccc1)C(=O)[C@H]1[C@@H]2SC3(CC2Br)C(C(=O)N(CC=C)C(C)(C)CC(C)(C)C)N([C@H](CO)c2ccccc2)C(=O)[C@H]13. The maximum Gasteiger partial charge on any atom is 0.247 e. The van der Waals surface area contributed by atoms with Crippen LogP contribution in [0.4, 0.5) is 0 Å². The molecule has 3 aliphatic rings. The van der Waals surface area contributed by atoms with E-state index in [0.29, 0.717) is 26.1 Å². The van der Waals surface area contributed by atoms with Crippen LogP contribution in [-0.4, -0.2) is 83.6 Å². The van der Waals surface area contributed by atoms with Crippen LogP contribution >= 0.6 is 27.7 Å². The summed E-state index contributed by atoms with van der Waals surface area (Å²) in [7, 11) is 0. The maximum absolute atomic E-state index is 15.3. The molecule has 3 aliphatic heterocycles. The number of aliphatic hydroxyl groups excluding tert-OH is 1. The number of alkyl halides is 1. The molecular formula is C39H50BrN3O4S. The minimum absolute atomic E-state index is 0.0702. The summed E-state index contributed by atoms with van der Waals surface area (Å²) >= 11 is 5.55. The quantitative estimate of drug-likeness (QED) is 0.185. The number of hydrogen-bond donors (Lipinski definition) is 1. The fourth-order valence-electron chi connectivity index (χ4n) is 8.70. The summed E-state index contributed by atoms with van der Waals surface area (Å²) in [4.78, 5) is 50.4. The third-order valence-corrected chi connectivity index (χ3v) is 13.3. The molecule has 1 N–H and O–H groups in total. The molecular weight excluding hydrogens is 686 g/mol. The summed E-state index contributed by atoms with van der Waals surface area (Å²) in [5, 5.41) is 10.8. The number of rotatable bonds is 13. The molecule has 3 amide bonds. The Morgan fingerprint density at radius 3 is 2.19 bits per heavy atom. The first-order valence-corrected chi connectivity index (χ1v) is 18.7. The zero-order valence-electron chi connectivity index (χ0n) is 28.8. The highest BCUT2D eigenvalue weighted by molar-refractivity contribution is 9.09. The Morgan fingerprint density at radius 2 is 1.62 bits per heavy atom. The van der Waals surface area contributed by atoms with Gasteiger partial charge in [-0.15, -0.1) is 24.9 Å². The van der Waals surface area contributed by atoms with Crippen molar-refractivity contribution in [3.05, 3.63) is 97.1 Å². The lowest BCUT2D eigenvalue weighted by atomic mass is 9.70. The summed E-state index contributed by atoms with van der Waals surface area (Å²) in [6.45, 7) is 19.2. The van der Waals surface area contributed by atoms with Gasteiger partial charge in [0.2, 0.25) is 17.7 Å². The Labute approximate surface area is 298 Å². The predicted octanol–water partition coefficient (Wildman–Crippen LogP) is 6.63. The normalized spacial score (nSPS) is 27.0. The van der Waals surface area contributed by atoms with Crippen LogP contribution in [0.25, 0.3) is 0 Å². The van der Waals surface area contributed by atoms with Crippen LogP contribution < -0.4 is 0 Å². The van der Waals surface area contributed by atoms with Crippen LogP contribution in [0, 0.1) is 17.3 Å². The second-order valence-electron chi connectivity index (χ2n) is 15.3. The molecule has 7 nitrogen and oxygen atoms in total. The molecule has 2 bridgehead atoms. The summed E-state index contributed by atoms with van der Waals surface area (Å²) < 4.78 is -0.862. The van der Waals surface area contributed by atoms with Crippen LogP contribution in [-0.2, 0) is 20.9 Å². The van der Waals surface area contributed by atoms with Crippen molar-refractivity contribution in [2.45, 2.75) is 86.5 Å². The highest BCUT2D eigenvalue weighted by Gasteiger charge is 2.77. The van der Waals surface area contributed by atoms with Gasteiger partial charge in [0.1, 0.15) is 6.04 Å². The Balaban J connectivity index is 1.64. The average molecular weight is 737 g/mol. The first-order valence-electron chi connectivity index (χ1n) is 16.9. The molecule has 3 saturated heterocycles. The topological polar surface area (TPSA) is 81.2 Å². The van der Waals surface area contributed by atoms with Crippen LogP contribution in [0.5, 0.6) is 0 Å². The van der Waals surface area contributed by atoms with E-state index < -0.39 is 34.2 Å². The van der Waals surface area contributed by atoms with Gasteiger partial charge in [-0.3, -0.25) is 14.4 Å². The molecule has 0 radical (unpaired) electrons. The second-order valence-corrected chi connectivity index (χ2v) is 18.0. The van der Waals surface area contributed by atoms with Crippen LogP contribution in [0.1, 0.15) is 64.6 Å². The Kier molecular flexibility index (Phi) is 10.7. The minimum Gasteiger partial charge on any atom is -0.394 e. The molecule has 3 heterocycles. The molecule has 2 aromatic carbocycles. The van der Waals surface area contributed by atoms with Gasteiger partial charge < -0.3 is 19.8 Å². The summed E-state index contributed by atoms with van der Waals surface area (Å²) in [5.41, 5.74) is 1.11. The number of fused-ring (bicyclic) bond motifs is 1. The lowest BCUT2D eigenvalue weighted by Crippen LogP contribution is -2.61. The number of benzene rings is 2. The van der Waals surface area contributed by atoms with Crippen molar-refractivity contribution in [1.29, 1.82) is 0 Å². The van der Waals surface area contributed by atoms with E-state index in [2.05, 4.69) is 63.7 Å². The number of aliphatic hydroxyl groups is 1. The third kappa shape index (κ3) is 6.67. The van der Waals surface area contributed by atoms with Gasteiger partial charge in [0.05, 0.1) is 29.2 Å². The summed E-state index contributed by atoms with van der Waals surface area (Å²) in [5.74, 6) is -1.88. The maximum atomic E-state index is 15.3. The van der Waals surface area contributed by atoms with Crippen LogP contribution in [0.3, 0.4) is 0 Å². The van der Waals surface area contributed by atoms with Crippen molar-refractivity contribution < 1.29 is 19.5 Å². The fraction of sp³-hybridized carbons (Fsp3) is 0.513. The molecule has 3 fully saturated rings.